The molecule has 8 heteroatoms. The van der Waals surface area contributed by atoms with E-state index in [9.17, 15) is 4.79 Å². The Balaban J connectivity index is 1.74. The Morgan fingerprint density at radius 2 is 2.04 bits per heavy atom. The van der Waals surface area contributed by atoms with Crippen LogP contribution in [0.15, 0.2) is 48.8 Å². The fourth-order valence-corrected chi connectivity index (χ4v) is 2.40. The first-order valence-electron chi connectivity index (χ1n) is 7.54. The molecule has 1 amide bonds. The van der Waals surface area contributed by atoms with Crippen molar-refractivity contribution in [2.45, 2.75) is 6.42 Å². The van der Waals surface area contributed by atoms with Gasteiger partial charge in [0.1, 0.15) is 17.8 Å². The molecule has 1 N–H and O–H groups in total. The maximum Gasteiger partial charge on any atom is 0.228 e. The fourth-order valence-electron chi connectivity index (χ4n) is 2.40. The van der Waals surface area contributed by atoms with Gasteiger partial charge >= 0.3 is 0 Å². The molecule has 0 bridgehead atoms. The molecule has 0 radical (unpaired) electrons. The van der Waals surface area contributed by atoms with Crippen molar-refractivity contribution in [3.63, 3.8) is 0 Å². The molecule has 1 heterocycles. The molecule has 0 fully saturated rings. The molecule has 0 saturated heterocycles. The van der Waals surface area contributed by atoms with Crippen molar-refractivity contribution in [1.82, 2.24) is 20.2 Å². The van der Waals surface area contributed by atoms with Crippen LogP contribution in [-0.2, 0) is 11.2 Å². The third-order valence-electron chi connectivity index (χ3n) is 3.58. The molecule has 0 saturated carbocycles. The second kappa shape index (κ2) is 7.43. The highest BCUT2D eigenvalue weighted by Gasteiger charge is 2.11. The number of nitrogens with one attached hydrogen (secondary N) is 1. The van der Waals surface area contributed by atoms with Crippen LogP contribution in [0.25, 0.3) is 5.69 Å². The lowest BCUT2D eigenvalue weighted by Gasteiger charge is -2.11. The first-order chi connectivity index (χ1) is 12.2. The lowest BCUT2D eigenvalue weighted by atomic mass is 10.1. The molecule has 0 atom stereocenters. The number of amides is 1. The summed E-state index contributed by atoms with van der Waals surface area (Å²) >= 11 is 0. The van der Waals surface area contributed by atoms with Gasteiger partial charge in [0.05, 0.1) is 26.3 Å². The van der Waals surface area contributed by atoms with Gasteiger partial charge in [0.2, 0.25) is 5.91 Å². The van der Waals surface area contributed by atoms with Crippen molar-refractivity contribution in [2.75, 3.05) is 19.5 Å². The van der Waals surface area contributed by atoms with Crippen molar-refractivity contribution < 1.29 is 14.3 Å². The first-order valence-corrected chi connectivity index (χ1v) is 7.54. The average molecular weight is 339 g/mol. The zero-order valence-electron chi connectivity index (χ0n) is 13.8. The van der Waals surface area contributed by atoms with Crippen LogP contribution in [0.2, 0.25) is 0 Å². The molecule has 2 aromatic carbocycles. The second-order valence-electron chi connectivity index (χ2n) is 5.21. The van der Waals surface area contributed by atoms with Gasteiger partial charge in [-0.25, -0.2) is 4.68 Å². The highest BCUT2D eigenvalue weighted by Crippen LogP contribution is 2.25. The fraction of sp³-hybridized carbons (Fsp3) is 0.176. The quantitative estimate of drug-likeness (QED) is 0.737. The molecule has 8 nitrogen and oxygen atoms in total. The van der Waals surface area contributed by atoms with Crippen LogP contribution in [0.4, 0.5) is 5.69 Å². The number of carbonyl (C=O) groups is 1. The van der Waals surface area contributed by atoms with E-state index in [-0.39, 0.29) is 12.3 Å². The van der Waals surface area contributed by atoms with Crippen molar-refractivity contribution in [1.29, 1.82) is 0 Å². The maximum atomic E-state index is 12.4. The number of benzene rings is 2. The van der Waals surface area contributed by atoms with E-state index in [2.05, 4.69) is 20.8 Å². The van der Waals surface area contributed by atoms with Crippen molar-refractivity contribution in [2.24, 2.45) is 0 Å². The van der Waals surface area contributed by atoms with Gasteiger partial charge in [-0.2, -0.15) is 0 Å². The van der Waals surface area contributed by atoms with Gasteiger partial charge in [-0.1, -0.05) is 6.07 Å². The van der Waals surface area contributed by atoms with Gasteiger partial charge in [-0.05, 0) is 46.8 Å². The predicted molar refractivity (Wildman–Crippen MR) is 91.0 cm³/mol. The summed E-state index contributed by atoms with van der Waals surface area (Å²) in [5, 5.41) is 13.9. The molecule has 128 valence electrons. The Kier molecular flexibility index (Phi) is 4.89. The summed E-state index contributed by atoms with van der Waals surface area (Å²) in [6.07, 6.45) is 1.65. The SMILES string of the molecule is COc1ccc(OC)c(CC(=O)Nc2cccc(-n3cnnn3)c2)c1. The lowest BCUT2D eigenvalue weighted by Crippen LogP contribution is -2.15. The van der Waals surface area contributed by atoms with Crippen molar-refractivity contribution >= 4 is 11.6 Å². The van der Waals surface area contributed by atoms with Gasteiger partial charge in [-0.3, -0.25) is 4.79 Å². The third-order valence-corrected chi connectivity index (χ3v) is 3.58. The predicted octanol–water partition coefficient (Wildman–Crippen LogP) is 1.86. The highest BCUT2D eigenvalue weighted by atomic mass is 16.5. The van der Waals surface area contributed by atoms with Gasteiger partial charge in [0.15, 0.2) is 0 Å². The zero-order valence-corrected chi connectivity index (χ0v) is 13.8. The number of rotatable bonds is 6. The molecular formula is C17H17N5O3. The Morgan fingerprint density at radius 3 is 2.76 bits per heavy atom. The largest absolute Gasteiger partial charge is 0.497 e. The van der Waals surface area contributed by atoms with Gasteiger partial charge in [0.25, 0.3) is 0 Å². The van der Waals surface area contributed by atoms with Crippen LogP contribution < -0.4 is 14.8 Å². The van der Waals surface area contributed by atoms with E-state index in [0.717, 1.165) is 11.3 Å². The number of ether oxygens (including phenoxy) is 2. The van der Waals surface area contributed by atoms with Crippen LogP contribution in [0, 0.1) is 0 Å². The second-order valence-corrected chi connectivity index (χ2v) is 5.21. The molecule has 0 spiro atoms. The Labute approximate surface area is 144 Å². The number of anilines is 1. The van der Waals surface area contributed by atoms with E-state index in [1.165, 1.54) is 11.0 Å². The van der Waals surface area contributed by atoms with E-state index in [1.54, 1.807) is 44.6 Å². The lowest BCUT2D eigenvalue weighted by molar-refractivity contribution is -0.115. The smallest absolute Gasteiger partial charge is 0.228 e. The summed E-state index contributed by atoms with van der Waals surface area (Å²) in [5.41, 5.74) is 2.15. The van der Waals surface area contributed by atoms with E-state index in [1.807, 2.05) is 12.1 Å². The molecule has 0 aliphatic heterocycles. The summed E-state index contributed by atoms with van der Waals surface area (Å²) in [4.78, 5) is 12.4. The zero-order chi connectivity index (χ0) is 17.6. The van der Waals surface area contributed by atoms with Crippen LogP contribution >= 0.6 is 0 Å². The minimum absolute atomic E-state index is 0.162. The summed E-state index contributed by atoms with van der Waals surface area (Å²) in [6.45, 7) is 0. The number of aromatic nitrogens is 4. The Hall–Kier alpha value is -3.42. The van der Waals surface area contributed by atoms with E-state index >= 15 is 0 Å². The topological polar surface area (TPSA) is 91.2 Å². The molecule has 3 rings (SSSR count). The third kappa shape index (κ3) is 3.92. The summed E-state index contributed by atoms with van der Waals surface area (Å²) in [6, 6.07) is 12.6. The number of tetrazole rings is 1. The Morgan fingerprint density at radius 1 is 1.16 bits per heavy atom. The highest BCUT2D eigenvalue weighted by molar-refractivity contribution is 5.93. The number of carbonyl (C=O) groups excluding carboxylic acids is 1. The van der Waals surface area contributed by atoms with Gasteiger partial charge in [0, 0.05) is 11.3 Å². The molecule has 0 unspecified atom stereocenters. The van der Waals surface area contributed by atoms with Crippen LogP contribution in [0.3, 0.4) is 0 Å². The van der Waals surface area contributed by atoms with Crippen molar-refractivity contribution in [3.05, 3.63) is 54.4 Å². The van der Waals surface area contributed by atoms with Gasteiger partial charge < -0.3 is 14.8 Å². The molecule has 25 heavy (non-hydrogen) atoms. The number of nitrogens with zero attached hydrogens (tertiary/aromatic N) is 4. The summed E-state index contributed by atoms with van der Waals surface area (Å²) in [7, 11) is 3.15. The Bertz CT molecular complexity index is 864. The van der Waals surface area contributed by atoms with E-state index in [4.69, 9.17) is 9.47 Å². The molecule has 0 aliphatic carbocycles. The van der Waals surface area contributed by atoms with Gasteiger partial charge in [-0.15, -0.1) is 5.10 Å². The molecular weight excluding hydrogens is 322 g/mol. The maximum absolute atomic E-state index is 12.4. The standard InChI is InChI=1S/C17H17N5O3/c1-24-15-6-7-16(25-2)12(8-15)9-17(23)19-13-4-3-5-14(10-13)22-11-18-20-21-22/h3-8,10-11H,9H2,1-2H3,(H,19,23). The average Bonchev–Trinajstić information content (AvgIpc) is 3.16. The molecule has 0 aliphatic rings. The number of hydrogen-bond acceptors (Lipinski definition) is 6. The van der Waals surface area contributed by atoms with Crippen LogP contribution in [-0.4, -0.2) is 40.3 Å². The normalized spacial score (nSPS) is 10.3. The number of methoxy groups -OCH3 is 2. The summed E-state index contributed by atoms with van der Waals surface area (Å²) in [5.74, 6) is 1.14. The monoisotopic (exact) mass is 339 g/mol. The van der Waals surface area contributed by atoms with E-state index < -0.39 is 0 Å². The van der Waals surface area contributed by atoms with Crippen LogP contribution in [0.5, 0.6) is 11.5 Å². The van der Waals surface area contributed by atoms with Crippen molar-refractivity contribution in [3.8, 4) is 17.2 Å². The van der Waals surface area contributed by atoms with E-state index in [0.29, 0.717) is 17.2 Å². The molecule has 1 aromatic heterocycles. The first kappa shape index (κ1) is 16.4. The number of hydrogen-bond donors (Lipinski definition) is 1. The summed E-state index contributed by atoms with van der Waals surface area (Å²) < 4.78 is 12.0. The van der Waals surface area contributed by atoms with Crippen LogP contribution in [0.1, 0.15) is 5.56 Å². The minimum Gasteiger partial charge on any atom is -0.497 e. The molecule has 3 aromatic rings. The minimum atomic E-state index is -0.166.